The molecule has 0 radical (unpaired) electrons. The lowest BCUT2D eigenvalue weighted by Crippen LogP contribution is -2.50. The molecule has 0 aliphatic heterocycles. The van der Waals surface area contributed by atoms with Crippen molar-refractivity contribution in [3.8, 4) is 11.5 Å². The average molecular weight is 441 g/mol. The zero-order valence-electron chi connectivity index (χ0n) is 19.9. The highest BCUT2D eigenvalue weighted by Gasteiger charge is 2.28. The van der Waals surface area contributed by atoms with Crippen LogP contribution in [0, 0.1) is 6.92 Å². The maximum Gasteiger partial charge on any atom is 0.243 e. The molecule has 6 nitrogen and oxygen atoms in total. The van der Waals surface area contributed by atoms with E-state index in [9.17, 15) is 9.59 Å². The van der Waals surface area contributed by atoms with Crippen LogP contribution >= 0.6 is 0 Å². The molecule has 0 saturated heterocycles. The zero-order valence-corrected chi connectivity index (χ0v) is 19.9. The first-order chi connectivity index (χ1) is 15.3. The van der Waals surface area contributed by atoms with Gasteiger partial charge in [-0.05, 0) is 63.4 Å². The fourth-order valence-corrected chi connectivity index (χ4v) is 3.46. The third-order valence-electron chi connectivity index (χ3n) is 5.13. The summed E-state index contributed by atoms with van der Waals surface area (Å²) in [5, 5.41) is 2.95. The van der Waals surface area contributed by atoms with Gasteiger partial charge in [0, 0.05) is 19.0 Å². The maximum absolute atomic E-state index is 13.2. The number of carbonyl (C=O) groups excluding carboxylic acids is 2. The molecular weight excluding hydrogens is 404 g/mol. The van der Waals surface area contributed by atoms with Gasteiger partial charge < -0.3 is 19.7 Å². The summed E-state index contributed by atoms with van der Waals surface area (Å²) in [6.45, 7) is 8.58. The number of aryl methyl sites for hydroxylation is 1. The maximum atomic E-state index is 13.2. The van der Waals surface area contributed by atoms with Crippen molar-refractivity contribution in [3.05, 3.63) is 59.7 Å². The van der Waals surface area contributed by atoms with Gasteiger partial charge in [-0.1, -0.05) is 36.8 Å². The Morgan fingerprint density at radius 1 is 1.06 bits per heavy atom. The van der Waals surface area contributed by atoms with Gasteiger partial charge in [0.05, 0.1) is 13.7 Å². The number of hydrogen-bond donors (Lipinski definition) is 1. The minimum Gasteiger partial charge on any atom is -0.497 e. The molecule has 0 bridgehead atoms. The molecule has 0 heterocycles. The summed E-state index contributed by atoms with van der Waals surface area (Å²) in [5.74, 6) is 1.32. The normalized spacial score (nSPS) is 11.7. The summed E-state index contributed by atoms with van der Waals surface area (Å²) in [6, 6.07) is 14.9. The van der Waals surface area contributed by atoms with E-state index >= 15 is 0 Å². The van der Waals surface area contributed by atoms with Crippen LogP contribution in [0.2, 0.25) is 0 Å². The smallest absolute Gasteiger partial charge is 0.243 e. The van der Waals surface area contributed by atoms with Gasteiger partial charge in [-0.15, -0.1) is 0 Å². The molecule has 32 heavy (non-hydrogen) atoms. The van der Waals surface area contributed by atoms with E-state index < -0.39 is 6.04 Å². The molecule has 0 unspecified atom stereocenters. The average Bonchev–Trinajstić information content (AvgIpc) is 2.77. The predicted molar refractivity (Wildman–Crippen MR) is 127 cm³/mol. The molecule has 0 aliphatic rings. The lowest BCUT2D eigenvalue weighted by molar-refractivity contribution is -0.141. The number of methoxy groups -OCH3 is 1. The third kappa shape index (κ3) is 7.91. The Labute approximate surface area is 191 Å². The van der Waals surface area contributed by atoms with Crippen LogP contribution < -0.4 is 14.8 Å². The van der Waals surface area contributed by atoms with Crippen LogP contribution in [0.1, 0.15) is 51.2 Å². The number of rotatable bonds is 12. The highest BCUT2D eigenvalue weighted by atomic mass is 16.5. The molecule has 0 saturated carbocycles. The fraction of sp³-hybridized carbons (Fsp3) is 0.462. The van der Waals surface area contributed by atoms with Crippen molar-refractivity contribution in [2.45, 2.75) is 65.6 Å². The molecule has 2 amide bonds. The topological polar surface area (TPSA) is 67.9 Å². The van der Waals surface area contributed by atoms with Crippen molar-refractivity contribution in [1.82, 2.24) is 10.2 Å². The van der Waals surface area contributed by atoms with Gasteiger partial charge in [-0.25, -0.2) is 0 Å². The van der Waals surface area contributed by atoms with Gasteiger partial charge in [0.1, 0.15) is 17.5 Å². The molecule has 2 rings (SSSR count). The van der Waals surface area contributed by atoms with Crippen LogP contribution in [0.15, 0.2) is 48.5 Å². The number of nitrogens with zero attached hydrogens (tertiary/aromatic N) is 1. The van der Waals surface area contributed by atoms with Crippen LogP contribution in [0.4, 0.5) is 0 Å². The Morgan fingerprint density at radius 3 is 2.41 bits per heavy atom. The molecule has 1 N–H and O–H groups in total. The van der Waals surface area contributed by atoms with Gasteiger partial charge in [-0.2, -0.15) is 0 Å². The van der Waals surface area contributed by atoms with E-state index in [1.807, 2.05) is 76.2 Å². The fourth-order valence-electron chi connectivity index (χ4n) is 3.46. The second-order valence-electron chi connectivity index (χ2n) is 8.23. The summed E-state index contributed by atoms with van der Waals surface area (Å²) < 4.78 is 11.1. The van der Waals surface area contributed by atoms with Crippen LogP contribution in [0.3, 0.4) is 0 Å². The van der Waals surface area contributed by atoms with Gasteiger partial charge >= 0.3 is 0 Å². The summed E-state index contributed by atoms with van der Waals surface area (Å²) in [4.78, 5) is 27.7. The van der Waals surface area contributed by atoms with Gasteiger partial charge in [0.2, 0.25) is 11.8 Å². The van der Waals surface area contributed by atoms with E-state index in [0.29, 0.717) is 32.4 Å². The molecule has 6 heteroatoms. The Hall–Kier alpha value is -3.02. The second kappa shape index (κ2) is 12.7. The largest absolute Gasteiger partial charge is 0.497 e. The number of carbonyl (C=O) groups is 2. The lowest BCUT2D eigenvalue weighted by Gasteiger charge is -2.31. The van der Waals surface area contributed by atoms with Crippen molar-refractivity contribution in [1.29, 1.82) is 0 Å². The quantitative estimate of drug-likeness (QED) is 0.494. The lowest BCUT2D eigenvalue weighted by atomic mass is 10.1. The summed E-state index contributed by atoms with van der Waals surface area (Å²) in [5.41, 5.74) is 2.09. The standard InChI is InChI=1S/C26H36N2O4/c1-6-24(26(30)27-19(2)3)28(18-21-9-7-10-23(17-21)31-5)25(29)11-8-16-32-22-14-12-20(4)13-15-22/h7,9-10,12-15,17,19,24H,6,8,11,16,18H2,1-5H3,(H,27,30)/t24-/m0/s1. The molecular formula is C26H36N2O4. The molecule has 2 aromatic rings. The molecule has 0 spiro atoms. The number of ether oxygens (including phenoxy) is 2. The van der Waals surface area contributed by atoms with Crippen LogP contribution in [-0.4, -0.2) is 42.5 Å². The highest BCUT2D eigenvalue weighted by molar-refractivity contribution is 5.87. The Kier molecular flexibility index (Phi) is 10.1. The Balaban J connectivity index is 2.07. The van der Waals surface area contributed by atoms with Gasteiger partial charge in [-0.3, -0.25) is 9.59 Å². The number of benzene rings is 2. The van der Waals surface area contributed by atoms with Gasteiger partial charge in [0.15, 0.2) is 0 Å². The minimum absolute atomic E-state index is 0.00762. The van der Waals surface area contributed by atoms with E-state index in [1.54, 1.807) is 12.0 Å². The van der Waals surface area contributed by atoms with Crippen molar-refractivity contribution >= 4 is 11.8 Å². The third-order valence-corrected chi connectivity index (χ3v) is 5.13. The first-order valence-electron chi connectivity index (χ1n) is 11.3. The summed E-state index contributed by atoms with van der Waals surface area (Å²) >= 11 is 0. The van der Waals surface area contributed by atoms with E-state index in [-0.39, 0.29) is 17.9 Å². The van der Waals surface area contributed by atoms with Crippen molar-refractivity contribution in [2.75, 3.05) is 13.7 Å². The second-order valence-corrected chi connectivity index (χ2v) is 8.23. The van der Waals surface area contributed by atoms with E-state index in [1.165, 1.54) is 5.56 Å². The van der Waals surface area contributed by atoms with Crippen molar-refractivity contribution in [3.63, 3.8) is 0 Å². The molecule has 0 aromatic heterocycles. The molecule has 2 aromatic carbocycles. The molecule has 1 atom stereocenters. The molecule has 0 fully saturated rings. The Bertz CT molecular complexity index is 864. The molecule has 0 aliphatic carbocycles. The molecule has 174 valence electrons. The van der Waals surface area contributed by atoms with Crippen molar-refractivity contribution in [2.24, 2.45) is 0 Å². The number of hydrogen-bond acceptors (Lipinski definition) is 4. The van der Waals surface area contributed by atoms with Crippen LogP contribution in [0.5, 0.6) is 11.5 Å². The monoisotopic (exact) mass is 440 g/mol. The Morgan fingerprint density at radius 2 is 1.78 bits per heavy atom. The van der Waals surface area contributed by atoms with Crippen LogP contribution in [-0.2, 0) is 16.1 Å². The first kappa shape index (κ1) is 25.2. The summed E-state index contributed by atoms with van der Waals surface area (Å²) in [7, 11) is 1.61. The van der Waals surface area contributed by atoms with Gasteiger partial charge in [0.25, 0.3) is 0 Å². The highest BCUT2D eigenvalue weighted by Crippen LogP contribution is 2.19. The minimum atomic E-state index is -0.533. The number of amides is 2. The van der Waals surface area contributed by atoms with E-state index in [2.05, 4.69) is 5.32 Å². The zero-order chi connectivity index (χ0) is 23.5. The summed E-state index contributed by atoms with van der Waals surface area (Å²) in [6.07, 6.45) is 1.42. The first-order valence-corrected chi connectivity index (χ1v) is 11.3. The van der Waals surface area contributed by atoms with Crippen LogP contribution in [0.25, 0.3) is 0 Å². The predicted octanol–water partition coefficient (Wildman–Crippen LogP) is 4.49. The number of nitrogens with one attached hydrogen (secondary N) is 1. The van der Waals surface area contributed by atoms with Crippen molar-refractivity contribution < 1.29 is 19.1 Å². The SMILES string of the molecule is CC[C@@H](C(=O)NC(C)C)N(Cc1cccc(OC)c1)C(=O)CCCOc1ccc(C)cc1. The van der Waals surface area contributed by atoms with E-state index in [0.717, 1.165) is 17.1 Å². The van der Waals surface area contributed by atoms with E-state index in [4.69, 9.17) is 9.47 Å².